The maximum Gasteiger partial charge on any atom is 0.310 e. The molecule has 0 saturated carbocycles. The van der Waals surface area contributed by atoms with Gasteiger partial charge in [-0.1, -0.05) is 42.5 Å². The summed E-state index contributed by atoms with van der Waals surface area (Å²) in [5.74, 6) is -1.42. The van der Waals surface area contributed by atoms with Crippen molar-refractivity contribution in [1.82, 2.24) is 10.2 Å². The van der Waals surface area contributed by atoms with Gasteiger partial charge in [-0.15, -0.1) is 0 Å². The van der Waals surface area contributed by atoms with E-state index in [2.05, 4.69) is 5.32 Å². The maximum atomic E-state index is 13.3. The molecule has 0 unspecified atom stereocenters. The number of nitrogens with zero attached hydrogens (tertiary/aromatic N) is 1. The van der Waals surface area contributed by atoms with Gasteiger partial charge in [-0.3, -0.25) is 19.3 Å². The fourth-order valence-corrected chi connectivity index (χ4v) is 4.15. The van der Waals surface area contributed by atoms with E-state index in [1.54, 1.807) is 19.2 Å². The third-order valence-corrected chi connectivity index (χ3v) is 6.26. The van der Waals surface area contributed by atoms with Gasteiger partial charge in [-0.2, -0.15) is 0 Å². The summed E-state index contributed by atoms with van der Waals surface area (Å²) >= 11 is 0. The Hall–Kier alpha value is -3.27. The highest BCUT2D eigenvalue weighted by molar-refractivity contribution is 5.92. The number of methoxy groups -OCH3 is 1. The van der Waals surface area contributed by atoms with Gasteiger partial charge >= 0.3 is 5.97 Å². The Balaban J connectivity index is 1.68. The summed E-state index contributed by atoms with van der Waals surface area (Å²) in [5, 5.41) is 12.9. The molecule has 2 aromatic carbocycles. The molecule has 3 rings (SSSR count). The number of esters is 1. The number of Topliss-reactive ketones (excluding diaryl/α,β-unsaturated/α-hetero) is 1. The molecule has 1 saturated heterocycles. The Bertz CT molecular complexity index is 1000. The van der Waals surface area contributed by atoms with E-state index in [0.29, 0.717) is 32.1 Å². The summed E-state index contributed by atoms with van der Waals surface area (Å²) in [6.45, 7) is 3.98. The summed E-state index contributed by atoms with van der Waals surface area (Å²) in [5.41, 5.74) is 1.67. The fraction of sp³-hybridized carbons (Fsp3) is 0.464. The van der Waals surface area contributed by atoms with Crippen molar-refractivity contribution < 1.29 is 33.7 Å². The number of amides is 1. The summed E-state index contributed by atoms with van der Waals surface area (Å²) in [7, 11) is 1.57. The molecule has 9 nitrogen and oxygen atoms in total. The third-order valence-electron chi connectivity index (χ3n) is 6.26. The number of carbonyl (C=O) groups excluding carboxylic acids is 3. The summed E-state index contributed by atoms with van der Waals surface area (Å²) < 4.78 is 16.0. The molecule has 2 aromatic rings. The molecule has 1 heterocycles. The predicted molar refractivity (Wildman–Crippen MR) is 137 cm³/mol. The van der Waals surface area contributed by atoms with Crippen molar-refractivity contribution in [1.29, 1.82) is 0 Å². The Morgan fingerprint density at radius 1 is 1.03 bits per heavy atom. The highest BCUT2D eigenvalue weighted by Gasteiger charge is 2.31. The van der Waals surface area contributed by atoms with Gasteiger partial charge < -0.3 is 24.6 Å². The number of rotatable bonds is 13. The quantitative estimate of drug-likeness (QED) is 0.390. The molecule has 1 aliphatic heterocycles. The lowest BCUT2D eigenvalue weighted by molar-refractivity contribution is -0.151. The van der Waals surface area contributed by atoms with E-state index < -0.39 is 29.8 Å². The minimum atomic E-state index is -1.13. The summed E-state index contributed by atoms with van der Waals surface area (Å²) in [6, 6.07) is 15.4. The Kier molecular flexibility index (Phi) is 11.1. The second-order valence-electron chi connectivity index (χ2n) is 9.19. The molecule has 9 heteroatoms. The molecule has 0 aromatic heterocycles. The van der Waals surface area contributed by atoms with Crippen LogP contribution < -0.4 is 10.1 Å². The molecular formula is C28H36N2O7. The number of benzene rings is 2. The predicted octanol–water partition coefficient (Wildman–Crippen LogP) is 1.75. The molecule has 0 radical (unpaired) electrons. The average Bonchev–Trinajstić information content (AvgIpc) is 2.91. The highest BCUT2D eigenvalue weighted by Crippen LogP contribution is 2.20. The van der Waals surface area contributed by atoms with Gasteiger partial charge in [0.1, 0.15) is 18.4 Å². The number of hydrogen-bond acceptors (Lipinski definition) is 8. The van der Waals surface area contributed by atoms with E-state index >= 15 is 0 Å². The minimum absolute atomic E-state index is 0.0864. The Labute approximate surface area is 217 Å². The number of carbonyl (C=O) groups is 3. The van der Waals surface area contributed by atoms with E-state index in [1.165, 1.54) is 6.92 Å². The number of ether oxygens (including phenoxy) is 3. The van der Waals surface area contributed by atoms with Crippen molar-refractivity contribution in [3.63, 3.8) is 0 Å². The van der Waals surface area contributed by atoms with Crippen LogP contribution in [0.5, 0.6) is 5.75 Å². The largest absolute Gasteiger partial charge is 0.497 e. The van der Waals surface area contributed by atoms with Crippen LogP contribution in [0, 0.1) is 5.92 Å². The lowest BCUT2D eigenvalue weighted by atomic mass is 9.91. The molecule has 37 heavy (non-hydrogen) atoms. The molecule has 0 spiro atoms. The van der Waals surface area contributed by atoms with Crippen molar-refractivity contribution >= 4 is 17.7 Å². The molecular weight excluding hydrogens is 476 g/mol. The topological polar surface area (TPSA) is 114 Å². The van der Waals surface area contributed by atoms with E-state index in [9.17, 15) is 19.5 Å². The van der Waals surface area contributed by atoms with E-state index in [1.807, 2.05) is 47.4 Å². The first kappa shape index (κ1) is 28.3. The van der Waals surface area contributed by atoms with Crippen LogP contribution in [0.15, 0.2) is 54.6 Å². The Morgan fingerprint density at radius 2 is 1.70 bits per heavy atom. The molecule has 200 valence electrons. The second-order valence-corrected chi connectivity index (χ2v) is 9.19. The zero-order chi connectivity index (χ0) is 26.6. The van der Waals surface area contributed by atoms with Crippen molar-refractivity contribution in [3.8, 4) is 5.75 Å². The molecule has 3 atom stereocenters. The van der Waals surface area contributed by atoms with E-state index in [4.69, 9.17) is 14.2 Å². The van der Waals surface area contributed by atoms with Crippen LogP contribution in [0.25, 0.3) is 0 Å². The van der Waals surface area contributed by atoms with Crippen LogP contribution in [0.1, 0.15) is 24.5 Å². The van der Waals surface area contributed by atoms with Crippen LogP contribution in [0.4, 0.5) is 0 Å². The Morgan fingerprint density at radius 3 is 2.32 bits per heavy atom. The molecule has 0 bridgehead atoms. The minimum Gasteiger partial charge on any atom is -0.497 e. The first-order valence-electron chi connectivity index (χ1n) is 12.5. The highest BCUT2D eigenvalue weighted by atomic mass is 16.5. The number of hydrogen-bond donors (Lipinski definition) is 2. The fourth-order valence-electron chi connectivity index (χ4n) is 4.15. The van der Waals surface area contributed by atoms with E-state index in [-0.39, 0.29) is 31.9 Å². The van der Waals surface area contributed by atoms with Crippen LogP contribution in [0.2, 0.25) is 0 Å². The average molecular weight is 513 g/mol. The lowest BCUT2D eigenvalue weighted by Gasteiger charge is -2.28. The standard InChI is InChI=1S/C28H36N2O7/c1-20(31)27(29-26(33)18-30-12-14-36-15-13-30)25(32)17-23(16-21-8-10-24(35-2)11-9-21)28(34)37-19-22-6-4-3-5-7-22/h3-11,20,23,27,31H,12-19H2,1-2H3,(H,29,33)/t20-,23-,27+/m1/s1. The van der Waals surface area contributed by atoms with Gasteiger partial charge in [0.15, 0.2) is 5.78 Å². The number of nitrogens with one attached hydrogen (secondary N) is 1. The van der Waals surface area contributed by atoms with Gasteiger partial charge in [-0.05, 0) is 36.6 Å². The lowest BCUT2D eigenvalue weighted by Crippen LogP contribution is -2.52. The first-order valence-corrected chi connectivity index (χ1v) is 12.5. The normalized spacial score (nSPS) is 16.3. The monoisotopic (exact) mass is 512 g/mol. The smallest absolute Gasteiger partial charge is 0.310 e. The van der Waals surface area contributed by atoms with Crippen molar-refractivity contribution in [2.75, 3.05) is 40.0 Å². The van der Waals surface area contributed by atoms with Gasteiger partial charge in [0.2, 0.25) is 5.91 Å². The SMILES string of the molecule is COc1ccc(C[C@H](CC(=O)[C@@H](NC(=O)CN2CCOCC2)[C@@H](C)O)C(=O)OCc2ccccc2)cc1. The van der Waals surface area contributed by atoms with Gasteiger partial charge in [0.25, 0.3) is 0 Å². The van der Waals surface area contributed by atoms with Crippen LogP contribution in [-0.4, -0.2) is 79.8 Å². The van der Waals surface area contributed by atoms with Crippen LogP contribution in [-0.2, 0) is 36.9 Å². The zero-order valence-corrected chi connectivity index (χ0v) is 21.4. The number of morpholine rings is 1. The van der Waals surface area contributed by atoms with Crippen molar-refractivity contribution in [2.45, 2.75) is 38.5 Å². The zero-order valence-electron chi connectivity index (χ0n) is 21.4. The molecule has 1 amide bonds. The number of aliphatic hydroxyl groups excluding tert-OH is 1. The molecule has 1 fully saturated rings. The van der Waals surface area contributed by atoms with Gasteiger partial charge in [0, 0.05) is 19.5 Å². The second kappa shape index (κ2) is 14.5. The van der Waals surface area contributed by atoms with Crippen LogP contribution >= 0.6 is 0 Å². The van der Waals surface area contributed by atoms with Crippen molar-refractivity contribution in [3.05, 3.63) is 65.7 Å². The number of ketones is 1. The third kappa shape index (κ3) is 9.27. The van der Waals surface area contributed by atoms with E-state index in [0.717, 1.165) is 11.1 Å². The molecule has 2 N–H and O–H groups in total. The van der Waals surface area contributed by atoms with Gasteiger partial charge in [-0.25, -0.2) is 0 Å². The summed E-state index contributed by atoms with van der Waals surface area (Å²) in [6.07, 6.45) is -1.05. The maximum absolute atomic E-state index is 13.3. The molecule has 0 aliphatic carbocycles. The van der Waals surface area contributed by atoms with Crippen molar-refractivity contribution in [2.24, 2.45) is 5.92 Å². The first-order chi connectivity index (χ1) is 17.9. The summed E-state index contributed by atoms with van der Waals surface area (Å²) in [4.78, 5) is 40.9. The number of aliphatic hydroxyl groups is 1. The molecule has 1 aliphatic rings. The van der Waals surface area contributed by atoms with Gasteiger partial charge in [0.05, 0.1) is 38.9 Å². The van der Waals surface area contributed by atoms with Crippen LogP contribution in [0.3, 0.4) is 0 Å².